The first-order valence-electron chi connectivity index (χ1n) is 9.62. The van der Waals surface area contributed by atoms with Gasteiger partial charge >= 0.3 is 0 Å². The maximum absolute atomic E-state index is 12.7. The van der Waals surface area contributed by atoms with Gasteiger partial charge in [0.15, 0.2) is 11.0 Å². The molecule has 1 amide bonds. The third kappa shape index (κ3) is 3.38. The van der Waals surface area contributed by atoms with Crippen LogP contribution in [0.2, 0.25) is 0 Å². The number of amides is 1. The van der Waals surface area contributed by atoms with Crippen LogP contribution in [0.1, 0.15) is 31.4 Å². The van der Waals surface area contributed by atoms with Gasteiger partial charge in [-0.25, -0.2) is 0 Å². The van der Waals surface area contributed by atoms with Crippen molar-refractivity contribution in [1.29, 1.82) is 5.26 Å². The number of fused-ring (bicyclic) bond motifs is 1. The predicted octanol–water partition coefficient (Wildman–Crippen LogP) is 4.81. The zero-order valence-electron chi connectivity index (χ0n) is 16.1. The van der Waals surface area contributed by atoms with Gasteiger partial charge in [0.1, 0.15) is 11.1 Å². The molecule has 4 aromatic rings. The van der Waals surface area contributed by atoms with Crippen molar-refractivity contribution in [3.05, 3.63) is 47.5 Å². The summed E-state index contributed by atoms with van der Waals surface area (Å²) in [5.74, 6) is 0.674. The molecular formula is C21H18N6OS2. The molecule has 0 saturated heterocycles. The molecule has 0 bridgehead atoms. The molecule has 1 aromatic carbocycles. The van der Waals surface area contributed by atoms with Crippen LogP contribution in [0.3, 0.4) is 0 Å². The zero-order valence-corrected chi connectivity index (χ0v) is 17.8. The Morgan fingerprint density at radius 2 is 2.20 bits per heavy atom. The topological polar surface area (TPSA) is 99.4 Å². The number of benzene rings is 1. The van der Waals surface area contributed by atoms with Gasteiger partial charge in [-0.3, -0.25) is 9.36 Å². The van der Waals surface area contributed by atoms with Crippen LogP contribution in [0.25, 0.3) is 22.3 Å². The van der Waals surface area contributed by atoms with Crippen molar-refractivity contribution in [2.24, 2.45) is 0 Å². The SMILES string of the molecule is C[C@H](Sc1nnc(-c2c[nH]c3ccccc23)n1C1CC1)C(=O)Nc1sccc1C#N. The highest BCUT2D eigenvalue weighted by atomic mass is 32.2. The van der Waals surface area contributed by atoms with Crippen molar-refractivity contribution >= 4 is 44.9 Å². The Balaban J connectivity index is 1.42. The number of anilines is 1. The number of nitrogens with zero attached hydrogens (tertiary/aromatic N) is 4. The van der Waals surface area contributed by atoms with E-state index in [1.807, 2.05) is 31.3 Å². The average molecular weight is 435 g/mol. The van der Waals surface area contributed by atoms with Gasteiger partial charge in [-0.15, -0.1) is 21.5 Å². The Bertz CT molecular complexity index is 1280. The van der Waals surface area contributed by atoms with E-state index >= 15 is 0 Å². The van der Waals surface area contributed by atoms with Crippen LogP contribution in [-0.4, -0.2) is 30.9 Å². The van der Waals surface area contributed by atoms with Crippen LogP contribution in [0.4, 0.5) is 5.00 Å². The lowest BCUT2D eigenvalue weighted by Crippen LogP contribution is -2.22. The highest BCUT2D eigenvalue weighted by molar-refractivity contribution is 8.00. The summed E-state index contributed by atoms with van der Waals surface area (Å²) in [7, 11) is 0. The Kier molecular flexibility index (Phi) is 4.81. The predicted molar refractivity (Wildman–Crippen MR) is 119 cm³/mol. The Labute approximate surface area is 181 Å². The van der Waals surface area contributed by atoms with Crippen LogP contribution < -0.4 is 5.32 Å². The van der Waals surface area contributed by atoms with Crippen LogP contribution in [0, 0.1) is 11.3 Å². The van der Waals surface area contributed by atoms with Crippen LogP contribution in [0.15, 0.2) is 47.1 Å². The van der Waals surface area contributed by atoms with E-state index in [4.69, 9.17) is 5.26 Å². The van der Waals surface area contributed by atoms with Gasteiger partial charge in [0, 0.05) is 28.7 Å². The Hall–Kier alpha value is -3.09. The monoisotopic (exact) mass is 434 g/mol. The third-order valence-electron chi connectivity index (χ3n) is 5.08. The molecule has 1 atom stereocenters. The molecule has 1 aliphatic carbocycles. The Morgan fingerprint density at radius 3 is 3.00 bits per heavy atom. The number of hydrogen-bond donors (Lipinski definition) is 2. The lowest BCUT2D eigenvalue weighted by atomic mass is 10.1. The Morgan fingerprint density at radius 1 is 1.37 bits per heavy atom. The summed E-state index contributed by atoms with van der Waals surface area (Å²) in [6.45, 7) is 1.84. The highest BCUT2D eigenvalue weighted by Crippen LogP contribution is 2.42. The second-order valence-electron chi connectivity index (χ2n) is 7.18. The number of rotatable bonds is 6. The van der Waals surface area contributed by atoms with Crippen molar-refractivity contribution in [2.45, 2.75) is 36.2 Å². The van der Waals surface area contributed by atoms with E-state index in [-0.39, 0.29) is 11.2 Å². The first-order valence-corrected chi connectivity index (χ1v) is 11.4. The fourth-order valence-electron chi connectivity index (χ4n) is 3.38. The number of thiophene rings is 1. The summed E-state index contributed by atoms with van der Waals surface area (Å²) < 4.78 is 2.16. The van der Waals surface area contributed by atoms with Gasteiger partial charge in [0.05, 0.1) is 10.8 Å². The van der Waals surface area contributed by atoms with Gasteiger partial charge in [-0.2, -0.15) is 5.26 Å². The van der Waals surface area contributed by atoms with Gasteiger partial charge in [-0.05, 0) is 37.3 Å². The molecule has 0 aliphatic heterocycles. The average Bonchev–Trinajstić information content (AvgIpc) is 3.16. The molecule has 5 rings (SSSR count). The number of hydrogen-bond acceptors (Lipinski definition) is 6. The summed E-state index contributed by atoms with van der Waals surface area (Å²) in [4.78, 5) is 16.0. The molecule has 7 nitrogen and oxygen atoms in total. The van der Waals surface area contributed by atoms with Crippen molar-refractivity contribution in [2.75, 3.05) is 5.32 Å². The fraction of sp³-hybridized carbons (Fsp3) is 0.238. The zero-order chi connectivity index (χ0) is 20.7. The first kappa shape index (κ1) is 18.9. The summed E-state index contributed by atoms with van der Waals surface area (Å²) in [6, 6.07) is 12.3. The van der Waals surface area contributed by atoms with E-state index in [0.717, 1.165) is 40.3 Å². The summed E-state index contributed by atoms with van der Waals surface area (Å²) in [5.41, 5.74) is 2.56. The number of aromatic amines is 1. The molecule has 0 spiro atoms. The maximum Gasteiger partial charge on any atom is 0.238 e. The molecule has 1 saturated carbocycles. The molecule has 150 valence electrons. The quantitative estimate of drug-likeness (QED) is 0.424. The summed E-state index contributed by atoms with van der Waals surface area (Å²) in [6.07, 6.45) is 4.14. The fourth-order valence-corrected chi connectivity index (χ4v) is 5.04. The molecular weight excluding hydrogens is 416 g/mol. The molecule has 30 heavy (non-hydrogen) atoms. The summed E-state index contributed by atoms with van der Waals surface area (Å²) in [5, 5.41) is 24.8. The maximum atomic E-state index is 12.7. The smallest absolute Gasteiger partial charge is 0.238 e. The van der Waals surface area contributed by atoms with Crippen LogP contribution in [0.5, 0.6) is 0 Å². The second kappa shape index (κ2) is 7.63. The minimum atomic E-state index is -0.379. The second-order valence-corrected chi connectivity index (χ2v) is 9.40. The van der Waals surface area contributed by atoms with E-state index in [2.05, 4.69) is 37.2 Å². The van der Waals surface area contributed by atoms with E-state index < -0.39 is 0 Å². The van der Waals surface area contributed by atoms with Crippen LogP contribution >= 0.6 is 23.1 Å². The van der Waals surface area contributed by atoms with Crippen molar-refractivity contribution < 1.29 is 4.79 Å². The highest BCUT2D eigenvalue weighted by Gasteiger charge is 2.32. The van der Waals surface area contributed by atoms with Gasteiger partial charge in [0.25, 0.3) is 0 Å². The molecule has 3 heterocycles. The largest absolute Gasteiger partial charge is 0.360 e. The van der Waals surface area contributed by atoms with Crippen molar-refractivity contribution in [1.82, 2.24) is 19.7 Å². The molecule has 9 heteroatoms. The standard InChI is InChI=1S/C21H18N6OS2/c1-12(19(28)24-20-13(10-22)8-9-29-20)30-21-26-25-18(27(21)14-6-7-14)16-11-23-17-5-3-2-4-15(16)17/h2-5,8-9,11-12,14,23H,6-7H2,1H3,(H,24,28)/t12-/m0/s1. The lowest BCUT2D eigenvalue weighted by Gasteiger charge is -2.13. The van der Waals surface area contributed by atoms with E-state index in [1.165, 1.54) is 23.1 Å². The normalized spacial score (nSPS) is 14.5. The summed E-state index contributed by atoms with van der Waals surface area (Å²) >= 11 is 2.74. The number of para-hydroxylation sites is 1. The van der Waals surface area contributed by atoms with E-state index in [9.17, 15) is 4.79 Å². The number of aromatic nitrogens is 4. The van der Waals surface area contributed by atoms with E-state index in [1.54, 1.807) is 11.4 Å². The molecule has 1 aliphatic rings. The number of nitriles is 1. The third-order valence-corrected chi connectivity index (χ3v) is 6.97. The molecule has 2 N–H and O–H groups in total. The number of nitrogens with one attached hydrogen (secondary N) is 2. The lowest BCUT2D eigenvalue weighted by molar-refractivity contribution is -0.115. The van der Waals surface area contributed by atoms with Crippen LogP contribution in [-0.2, 0) is 4.79 Å². The molecule has 0 radical (unpaired) electrons. The minimum absolute atomic E-state index is 0.155. The molecule has 0 unspecified atom stereocenters. The van der Waals surface area contributed by atoms with Gasteiger partial charge in [0.2, 0.25) is 5.91 Å². The minimum Gasteiger partial charge on any atom is -0.360 e. The molecule has 3 aromatic heterocycles. The first-order chi connectivity index (χ1) is 14.7. The van der Waals surface area contributed by atoms with Gasteiger partial charge < -0.3 is 10.3 Å². The number of carbonyl (C=O) groups is 1. The number of thioether (sulfide) groups is 1. The number of carbonyl (C=O) groups excluding carboxylic acids is 1. The van der Waals surface area contributed by atoms with Crippen molar-refractivity contribution in [3.8, 4) is 17.5 Å². The number of H-pyrrole nitrogens is 1. The molecule has 1 fully saturated rings. The van der Waals surface area contributed by atoms with Crippen molar-refractivity contribution in [3.63, 3.8) is 0 Å². The van der Waals surface area contributed by atoms with Gasteiger partial charge in [-0.1, -0.05) is 30.0 Å². The van der Waals surface area contributed by atoms with E-state index in [0.29, 0.717) is 16.6 Å².